The molecule has 0 radical (unpaired) electrons. The Bertz CT molecular complexity index is 1430. The molecule has 2 amide bonds. The van der Waals surface area contributed by atoms with E-state index in [2.05, 4.69) is 29.6 Å². The molecule has 1 aromatic heterocycles. The fraction of sp³-hybridized carbons (Fsp3) is 0.455. The fourth-order valence-electron chi connectivity index (χ4n) is 6.46. The lowest BCUT2D eigenvalue weighted by Gasteiger charge is -2.31. The van der Waals surface area contributed by atoms with E-state index in [0.717, 1.165) is 72.7 Å². The minimum atomic E-state index is -0.264. The van der Waals surface area contributed by atoms with Crippen molar-refractivity contribution < 1.29 is 9.59 Å². The van der Waals surface area contributed by atoms with Gasteiger partial charge in [-0.05, 0) is 87.6 Å². The van der Waals surface area contributed by atoms with Crippen LogP contribution in [0.5, 0.6) is 0 Å². The Morgan fingerprint density at radius 1 is 0.951 bits per heavy atom. The Kier molecular flexibility index (Phi) is 7.65. The van der Waals surface area contributed by atoms with Gasteiger partial charge in [-0.3, -0.25) is 9.59 Å². The molecule has 1 aliphatic heterocycles. The van der Waals surface area contributed by atoms with Gasteiger partial charge in [0.15, 0.2) is 0 Å². The maximum absolute atomic E-state index is 13.1. The van der Waals surface area contributed by atoms with Gasteiger partial charge in [0.2, 0.25) is 11.9 Å². The second-order valence-electron chi connectivity index (χ2n) is 12.0. The van der Waals surface area contributed by atoms with E-state index < -0.39 is 0 Å². The van der Waals surface area contributed by atoms with Crippen molar-refractivity contribution in [2.45, 2.75) is 82.8 Å². The molecule has 2 heterocycles. The number of nitrogens with one attached hydrogen (secondary N) is 2. The van der Waals surface area contributed by atoms with Crippen molar-refractivity contribution in [2.75, 3.05) is 29.2 Å². The zero-order chi connectivity index (χ0) is 28.5. The summed E-state index contributed by atoms with van der Waals surface area (Å²) in [5, 5.41) is 6.88. The van der Waals surface area contributed by atoms with Crippen molar-refractivity contribution in [1.82, 2.24) is 15.3 Å². The Morgan fingerprint density at radius 2 is 1.66 bits per heavy atom. The van der Waals surface area contributed by atoms with E-state index in [1.54, 1.807) is 4.90 Å². The molecule has 6 rings (SSSR count). The molecule has 1 unspecified atom stereocenters. The van der Waals surface area contributed by atoms with E-state index >= 15 is 0 Å². The van der Waals surface area contributed by atoms with Crippen LogP contribution in [0.1, 0.15) is 84.1 Å². The number of carbonyl (C=O) groups is 2. The number of hydrogen-bond acceptors (Lipinski definition) is 6. The van der Waals surface area contributed by atoms with Crippen LogP contribution in [0.3, 0.4) is 0 Å². The average Bonchev–Trinajstić information content (AvgIpc) is 3.33. The summed E-state index contributed by atoms with van der Waals surface area (Å²) >= 11 is 0. The SMILES string of the molecule is CC(C(=O)N[C@H]1CC[C@@H](Nc2nc3c(c(N(C)C)n2)CCCC3)CC1)c1ccc(N2Cc3ccccc3C2=O)cc1. The van der Waals surface area contributed by atoms with Crippen molar-refractivity contribution in [1.29, 1.82) is 0 Å². The molecule has 0 spiro atoms. The van der Waals surface area contributed by atoms with E-state index in [1.807, 2.05) is 55.5 Å². The maximum Gasteiger partial charge on any atom is 0.258 e. The summed E-state index contributed by atoms with van der Waals surface area (Å²) in [6, 6.07) is 16.1. The number of benzene rings is 2. The third-order valence-electron chi connectivity index (χ3n) is 8.91. The first-order valence-corrected chi connectivity index (χ1v) is 15.0. The van der Waals surface area contributed by atoms with Crippen molar-refractivity contribution in [3.63, 3.8) is 0 Å². The van der Waals surface area contributed by atoms with Crippen LogP contribution >= 0.6 is 0 Å². The van der Waals surface area contributed by atoms with E-state index in [9.17, 15) is 9.59 Å². The lowest BCUT2D eigenvalue weighted by atomic mass is 9.90. The molecule has 214 valence electrons. The molecule has 8 nitrogen and oxygen atoms in total. The van der Waals surface area contributed by atoms with Gasteiger partial charge in [0.1, 0.15) is 5.82 Å². The van der Waals surface area contributed by atoms with Crippen molar-refractivity contribution in [3.8, 4) is 0 Å². The van der Waals surface area contributed by atoms with E-state index in [4.69, 9.17) is 9.97 Å². The second-order valence-corrected chi connectivity index (χ2v) is 12.0. The fourth-order valence-corrected chi connectivity index (χ4v) is 6.46. The highest BCUT2D eigenvalue weighted by atomic mass is 16.2. The molecular formula is C33H40N6O2. The standard InChI is InChI=1S/C33H40N6O2/c1-21(22-12-18-26(19-13-22)39-20-23-8-4-5-9-27(23)32(39)41)31(40)34-24-14-16-25(17-15-24)35-33-36-29-11-7-6-10-28(29)30(37-33)38(2)3/h4-5,8-9,12-13,18-19,21,24-25H,6-7,10-11,14-17,20H2,1-3H3,(H,34,40)(H,35,36,37)/t21?,24-,25+. The van der Waals surface area contributed by atoms with Crippen LogP contribution in [0.4, 0.5) is 17.5 Å². The van der Waals surface area contributed by atoms with Gasteiger partial charge in [0, 0.05) is 43.0 Å². The first-order chi connectivity index (χ1) is 19.9. The molecule has 2 aromatic carbocycles. The molecule has 8 heteroatoms. The number of rotatable bonds is 7. The van der Waals surface area contributed by atoms with Crippen LogP contribution in [-0.4, -0.2) is 48.0 Å². The lowest BCUT2D eigenvalue weighted by Crippen LogP contribution is -2.41. The number of carbonyl (C=O) groups excluding carboxylic acids is 2. The summed E-state index contributed by atoms with van der Waals surface area (Å²) in [7, 11) is 4.11. The summed E-state index contributed by atoms with van der Waals surface area (Å²) in [6.07, 6.45) is 8.28. The average molecular weight is 553 g/mol. The summed E-state index contributed by atoms with van der Waals surface area (Å²) in [5.41, 5.74) is 6.12. The third-order valence-corrected chi connectivity index (χ3v) is 8.91. The molecule has 2 N–H and O–H groups in total. The molecule has 2 aliphatic carbocycles. The topological polar surface area (TPSA) is 90.5 Å². The number of aryl methyl sites for hydroxylation is 1. The number of amides is 2. The van der Waals surface area contributed by atoms with Gasteiger partial charge in [-0.25, -0.2) is 4.98 Å². The van der Waals surface area contributed by atoms with Crippen LogP contribution in [0.2, 0.25) is 0 Å². The Morgan fingerprint density at radius 3 is 2.39 bits per heavy atom. The van der Waals surface area contributed by atoms with Gasteiger partial charge in [-0.1, -0.05) is 30.3 Å². The molecule has 1 atom stereocenters. The smallest absolute Gasteiger partial charge is 0.258 e. The van der Waals surface area contributed by atoms with Gasteiger partial charge < -0.3 is 20.4 Å². The molecule has 3 aliphatic rings. The van der Waals surface area contributed by atoms with Gasteiger partial charge in [-0.15, -0.1) is 0 Å². The van der Waals surface area contributed by atoms with Crippen LogP contribution < -0.4 is 20.4 Å². The van der Waals surface area contributed by atoms with Gasteiger partial charge in [0.25, 0.3) is 5.91 Å². The molecule has 3 aromatic rings. The minimum absolute atomic E-state index is 0.0283. The molecule has 1 saturated carbocycles. The van der Waals surface area contributed by atoms with Crippen LogP contribution in [0, 0.1) is 0 Å². The zero-order valence-corrected chi connectivity index (χ0v) is 24.3. The predicted molar refractivity (Wildman–Crippen MR) is 163 cm³/mol. The Balaban J connectivity index is 1.01. The molecular weight excluding hydrogens is 512 g/mol. The van der Waals surface area contributed by atoms with Gasteiger partial charge in [-0.2, -0.15) is 4.98 Å². The summed E-state index contributed by atoms with van der Waals surface area (Å²) in [6.45, 7) is 2.53. The number of anilines is 3. The van der Waals surface area contributed by atoms with E-state index in [1.165, 1.54) is 24.1 Å². The van der Waals surface area contributed by atoms with Crippen molar-refractivity contribution in [3.05, 3.63) is 76.5 Å². The van der Waals surface area contributed by atoms with Crippen molar-refractivity contribution >= 4 is 29.3 Å². The van der Waals surface area contributed by atoms with Gasteiger partial charge in [0.05, 0.1) is 18.2 Å². The van der Waals surface area contributed by atoms with Crippen LogP contribution in [-0.2, 0) is 24.2 Å². The molecule has 0 bridgehead atoms. The van der Waals surface area contributed by atoms with Crippen molar-refractivity contribution in [2.24, 2.45) is 0 Å². The first-order valence-electron chi connectivity index (χ1n) is 15.0. The summed E-state index contributed by atoms with van der Waals surface area (Å²) in [4.78, 5) is 39.6. The number of fused-ring (bicyclic) bond motifs is 2. The van der Waals surface area contributed by atoms with Crippen LogP contribution in [0.15, 0.2) is 48.5 Å². The molecule has 0 saturated heterocycles. The highest BCUT2D eigenvalue weighted by Gasteiger charge is 2.29. The highest BCUT2D eigenvalue weighted by Crippen LogP contribution is 2.31. The van der Waals surface area contributed by atoms with Crippen LogP contribution in [0.25, 0.3) is 0 Å². The quantitative estimate of drug-likeness (QED) is 0.418. The number of aromatic nitrogens is 2. The largest absolute Gasteiger partial charge is 0.362 e. The Labute approximate surface area is 242 Å². The first kappa shape index (κ1) is 27.2. The monoisotopic (exact) mass is 552 g/mol. The Hall–Kier alpha value is -3.94. The molecule has 1 fully saturated rings. The third kappa shape index (κ3) is 5.65. The highest BCUT2D eigenvalue weighted by molar-refractivity contribution is 6.10. The lowest BCUT2D eigenvalue weighted by molar-refractivity contribution is -0.123. The summed E-state index contributed by atoms with van der Waals surface area (Å²) in [5.74, 6) is 1.59. The predicted octanol–water partition coefficient (Wildman–Crippen LogP) is 5.22. The minimum Gasteiger partial charge on any atom is -0.362 e. The zero-order valence-electron chi connectivity index (χ0n) is 24.3. The van der Waals surface area contributed by atoms with E-state index in [0.29, 0.717) is 12.6 Å². The van der Waals surface area contributed by atoms with Gasteiger partial charge >= 0.3 is 0 Å². The maximum atomic E-state index is 13.1. The number of nitrogens with zero attached hydrogens (tertiary/aromatic N) is 4. The summed E-state index contributed by atoms with van der Waals surface area (Å²) < 4.78 is 0. The molecule has 41 heavy (non-hydrogen) atoms. The van der Waals surface area contributed by atoms with E-state index in [-0.39, 0.29) is 23.8 Å². The number of hydrogen-bond donors (Lipinski definition) is 2. The normalized spacial score (nSPS) is 20.7. The second kappa shape index (κ2) is 11.5.